The zero-order valence-corrected chi connectivity index (χ0v) is 9.83. The fourth-order valence-electron chi connectivity index (χ4n) is 1.62. The first-order valence-electron chi connectivity index (χ1n) is 4.98. The highest BCUT2D eigenvalue weighted by atomic mass is 32.1. The van der Waals surface area contributed by atoms with Crippen LogP contribution in [0.5, 0.6) is 0 Å². The van der Waals surface area contributed by atoms with Crippen LogP contribution in [-0.4, -0.2) is 34.4 Å². The van der Waals surface area contributed by atoms with E-state index in [1.807, 2.05) is 29.2 Å². The second-order valence-corrected chi connectivity index (χ2v) is 4.20. The quantitative estimate of drug-likeness (QED) is 0.609. The number of nitrogens with zero attached hydrogens (tertiary/aromatic N) is 2. The molecule has 1 aliphatic rings. The fraction of sp³-hybridized carbons (Fsp3) is 0.273. The third-order valence-corrected chi connectivity index (χ3v) is 3.14. The molecular formula is C11H13N3OS. The van der Waals surface area contributed by atoms with Gasteiger partial charge in [-0.1, -0.05) is 12.1 Å². The maximum Gasteiger partial charge on any atom is 0.248 e. The maximum atomic E-state index is 11.4. The highest BCUT2D eigenvalue weighted by Gasteiger charge is 2.29. The monoisotopic (exact) mass is 235 g/mol. The highest BCUT2D eigenvalue weighted by molar-refractivity contribution is 7.80. The van der Waals surface area contributed by atoms with Gasteiger partial charge in [-0.05, 0) is 29.9 Å². The average molecular weight is 235 g/mol. The van der Waals surface area contributed by atoms with E-state index in [9.17, 15) is 4.79 Å². The molecule has 1 saturated heterocycles. The SMILES string of the molecule is CN1C(=O)CN(Cc2ccc(N)cc2)C1=S. The summed E-state index contributed by atoms with van der Waals surface area (Å²) in [5.41, 5.74) is 7.44. The van der Waals surface area contributed by atoms with E-state index in [2.05, 4.69) is 0 Å². The third-order valence-electron chi connectivity index (χ3n) is 2.61. The molecule has 0 aromatic heterocycles. The Bertz CT molecular complexity index is 429. The van der Waals surface area contributed by atoms with E-state index in [4.69, 9.17) is 18.0 Å². The van der Waals surface area contributed by atoms with E-state index in [1.54, 1.807) is 7.05 Å². The summed E-state index contributed by atoms with van der Waals surface area (Å²) >= 11 is 5.17. The van der Waals surface area contributed by atoms with Gasteiger partial charge in [0.2, 0.25) is 5.91 Å². The minimum Gasteiger partial charge on any atom is -0.399 e. The number of hydrogen-bond donors (Lipinski definition) is 1. The number of carbonyl (C=O) groups is 1. The predicted octanol–water partition coefficient (Wildman–Crippen LogP) is 0.828. The van der Waals surface area contributed by atoms with E-state index < -0.39 is 0 Å². The molecule has 0 radical (unpaired) electrons. The number of thiocarbonyl (C=S) groups is 1. The van der Waals surface area contributed by atoms with Crippen molar-refractivity contribution in [1.29, 1.82) is 0 Å². The minimum atomic E-state index is 0.0421. The normalized spacial score (nSPS) is 16.1. The number of benzene rings is 1. The lowest BCUT2D eigenvalue weighted by Gasteiger charge is -2.17. The second-order valence-electron chi connectivity index (χ2n) is 3.83. The summed E-state index contributed by atoms with van der Waals surface area (Å²) in [7, 11) is 1.70. The summed E-state index contributed by atoms with van der Waals surface area (Å²) in [6.45, 7) is 1.01. The number of nitrogen functional groups attached to an aromatic ring is 1. The molecule has 1 aromatic carbocycles. The van der Waals surface area contributed by atoms with E-state index >= 15 is 0 Å². The van der Waals surface area contributed by atoms with Crippen LogP contribution in [0.1, 0.15) is 5.56 Å². The van der Waals surface area contributed by atoms with Crippen LogP contribution < -0.4 is 5.73 Å². The zero-order valence-electron chi connectivity index (χ0n) is 9.01. The van der Waals surface area contributed by atoms with Gasteiger partial charge >= 0.3 is 0 Å². The zero-order chi connectivity index (χ0) is 11.7. The van der Waals surface area contributed by atoms with E-state index in [0.29, 0.717) is 18.2 Å². The van der Waals surface area contributed by atoms with Gasteiger partial charge in [-0.15, -0.1) is 0 Å². The number of nitrogens with two attached hydrogens (primary N) is 1. The molecule has 2 rings (SSSR count). The van der Waals surface area contributed by atoms with Crippen LogP contribution in [0.3, 0.4) is 0 Å². The first-order chi connectivity index (χ1) is 7.58. The van der Waals surface area contributed by atoms with Crippen LogP contribution in [0.15, 0.2) is 24.3 Å². The van der Waals surface area contributed by atoms with E-state index in [0.717, 1.165) is 11.3 Å². The lowest BCUT2D eigenvalue weighted by molar-refractivity contribution is -0.124. The molecule has 2 N–H and O–H groups in total. The molecule has 5 heteroatoms. The standard InChI is InChI=1S/C11H13N3OS/c1-13-10(15)7-14(11(13)16)6-8-2-4-9(12)5-3-8/h2-5H,6-7,12H2,1H3. The van der Waals surface area contributed by atoms with Crippen molar-refractivity contribution < 1.29 is 4.79 Å². The van der Waals surface area contributed by atoms with Crippen LogP contribution >= 0.6 is 12.2 Å². The van der Waals surface area contributed by atoms with E-state index in [-0.39, 0.29) is 5.91 Å². The van der Waals surface area contributed by atoms with Crippen molar-refractivity contribution in [2.24, 2.45) is 0 Å². The summed E-state index contributed by atoms with van der Waals surface area (Å²) in [5.74, 6) is 0.0421. The molecule has 1 amide bonds. The van der Waals surface area contributed by atoms with Crippen LogP contribution in [0, 0.1) is 0 Å². The number of carbonyl (C=O) groups excluding carboxylic acids is 1. The third kappa shape index (κ3) is 1.99. The van der Waals surface area contributed by atoms with Crippen LogP contribution in [0.4, 0.5) is 5.69 Å². The second kappa shape index (κ2) is 4.09. The first kappa shape index (κ1) is 10.9. The van der Waals surface area contributed by atoms with Gasteiger partial charge in [-0.2, -0.15) is 0 Å². The molecule has 4 nitrogen and oxygen atoms in total. The molecule has 0 bridgehead atoms. The number of amides is 1. The first-order valence-corrected chi connectivity index (χ1v) is 5.38. The molecule has 1 heterocycles. The Morgan fingerprint density at radius 2 is 2.00 bits per heavy atom. The average Bonchev–Trinajstić information content (AvgIpc) is 2.50. The molecule has 1 aromatic rings. The molecule has 0 aliphatic carbocycles. The summed E-state index contributed by atoms with van der Waals surface area (Å²) in [6.07, 6.45) is 0. The van der Waals surface area contributed by atoms with Crippen molar-refractivity contribution in [3.05, 3.63) is 29.8 Å². The minimum absolute atomic E-state index is 0.0421. The van der Waals surface area contributed by atoms with Gasteiger partial charge in [-0.25, -0.2) is 0 Å². The number of rotatable bonds is 2. The van der Waals surface area contributed by atoms with Crippen molar-refractivity contribution in [3.63, 3.8) is 0 Å². The smallest absolute Gasteiger partial charge is 0.248 e. The molecule has 1 aliphatic heterocycles. The van der Waals surface area contributed by atoms with Gasteiger partial charge in [-0.3, -0.25) is 9.69 Å². The molecule has 0 atom stereocenters. The topological polar surface area (TPSA) is 49.6 Å². The Balaban J connectivity index is 2.09. The molecule has 0 saturated carbocycles. The highest BCUT2D eigenvalue weighted by Crippen LogP contribution is 2.14. The molecular weight excluding hydrogens is 222 g/mol. The molecule has 84 valence electrons. The number of anilines is 1. The van der Waals surface area contributed by atoms with Crippen LogP contribution in [-0.2, 0) is 11.3 Å². The lowest BCUT2D eigenvalue weighted by Crippen LogP contribution is -2.29. The number of likely N-dealkylation sites (N-methyl/N-ethyl adjacent to an activating group) is 1. The molecule has 0 unspecified atom stereocenters. The number of hydrogen-bond acceptors (Lipinski definition) is 3. The Morgan fingerprint density at radius 3 is 2.50 bits per heavy atom. The fourth-order valence-corrected chi connectivity index (χ4v) is 1.85. The Labute approximate surface area is 99.6 Å². The van der Waals surface area contributed by atoms with Crippen molar-refractivity contribution in [2.75, 3.05) is 19.3 Å². The van der Waals surface area contributed by atoms with Gasteiger partial charge in [0.05, 0.1) is 6.54 Å². The summed E-state index contributed by atoms with van der Waals surface area (Å²) in [6, 6.07) is 7.58. The van der Waals surface area contributed by atoms with Crippen molar-refractivity contribution in [3.8, 4) is 0 Å². The molecule has 16 heavy (non-hydrogen) atoms. The van der Waals surface area contributed by atoms with Gasteiger partial charge < -0.3 is 10.6 Å². The van der Waals surface area contributed by atoms with Gasteiger partial charge in [0.25, 0.3) is 0 Å². The van der Waals surface area contributed by atoms with E-state index in [1.165, 1.54) is 4.90 Å². The van der Waals surface area contributed by atoms with Crippen molar-refractivity contribution >= 4 is 28.9 Å². The summed E-state index contributed by atoms with van der Waals surface area (Å²) < 4.78 is 0. The summed E-state index contributed by atoms with van der Waals surface area (Å²) in [4.78, 5) is 14.8. The van der Waals surface area contributed by atoms with Crippen molar-refractivity contribution in [2.45, 2.75) is 6.54 Å². The lowest BCUT2D eigenvalue weighted by atomic mass is 10.2. The van der Waals surface area contributed by atoms with Gasteiger partial charge in [0, 0.05) is 19.3 Å². The molecule has 0 spiro atoms. The van der Waals surface area contributed by atoms with Crippen LogP contribution in [0.2, 0.25) is 0 Å². The predicted molar refractivity (Wildman–Crippen MR) is 66.6 cm³/mol. The Morgan fingerprint density at radius 1 is 1.38 bits per heavy atom. The summed E-state index contributed by atoms with van der Waals surface area (Å²) in [5, 5.41) is 0.585. The molecule has 1 fully saturated rings. The van der Waals surface area contributed by atoms with Gasteiger partial charge in [0.1, 0.15) is 0 Å². The maximum absolute atomic E-state index is 11.4. The Kier molecular flexibility index (Phi) is 2.78. The van der Waals surface area contributed by atoms with Crippen molar-refractivity contribution in [1.82, 2.24) is 9.80 Å². The largest absolute Gasteiger partial charge is 0.399 e. The van der Waals surface area contributed by atoms with Gasteiger partial charge in [0.15, 0.2) is 5.11 Å². The van der Waals surface area contributed by atoms with Crippen LogP contribution in [0.25, 0.3) is 0 Å². The Hall–Kier alpha value is -1.62.